The molecule has 0 aromatic carbocycles. The molecule has 0 saturated heterocycles. The minimum atomic E-state index is -0.777. The summed E-state index contributed by atoms with van der Waals surface area (Å²) in [5, 5.41) is 11.5. The van der Waals surface area contributed by atoms with Gasteiger partial charge in [0.25, 0.3) is 0 Å². The first kappa shape index (κ1) is 13.7. The Morgan fingerprint density at radius 1 is 1.47 bits per heavy atom. The van der Waals surface area contributed by atoms with Crippen LogP contribution in [0.4, 0.5) is 0 Å². The standard InChI is InChI=1S/C13H21NO3/c1-10(7-8-12(15)16)9-14-13(17)11-5-3-2-4-6-11/h2-3,10-11H,4-9H2,1H3,(H,14,17)(H,15,16). The number of carbonyl (C=O) groups excluding carboxylic acids is 1. The highest BCUT2D eigenvalue weighted by Crippen LogP contribution is 2.18. The maximum Gasteiger partial charge on any atom is 0.303 e. The summed E-state index contributed by atoms with van der Waals surface area (Å²) < 4.78 is 0. The number of aliphatic carboxylic acids is 1. The van der Waals surface area contributed by atoms with Crippen LogP contribution >= 0.6 is 0 Å². The number of allylic oxidation sites excluding steroid dienone is 2. The number of carbonyl (C=O) groups is 2. The van der Waals surface area contributed by atoms with Crippen molar-refractivity contribution in [3.05, 3.63) is 12.2 Å². The van der Waals surface area contributed by atoms with Crippen LogP contribution in [0.25, 0.3) is 0 Å². The van der Waals surface area contributed by atoms with E-state index in [1.165, 1.54) is 0 Å². The lowest BCUT2D eigenvalue weighted by molar-refractivity contribution is -0.137. The van der Waals surface area contributed by atoms with Crippen molar-refractivity contribution in [1.29, 1.82) is 0 Å². The summed E-state index contributed by atoms with van der Waals surface area (Å²) in [7, 11) is 0. The highest BCUT2D eigenvalue weighted by molar-refractivity contribution is 5.78. The highest BCUT2D eigenvalue weighted by atomic mass is 16.4. The van der Waals surface area contributed by atoms with Gasteiger partial charge in [0.15, 0.2) is 0 Å². The van der Waals surface area contributed by atoms with E-state index in [1.54, 1.807) is 0 Å². The Morgan fingerprint density at radius 2 is 2.24 bits per heavy atom. The topological polar surface area (TPSA) is 66.4 Å². The lowest BCUT2D eigenvalue weighted by Gasteiger charge is -2.19. The van der Waals surface area contributed by atoms with Gasteiger partial charge in [0.1, 0.15) is 0 Å². The summed E-state index contributed by atoms with van der Waals surface area (Å²) >= 11 is 0. The van der Waals surface area contributed by atoms with E-state index in [9.17, 15) is 9.59 Å². The fourth-order valence-electron chi connectivity index (χ4n) is 1.92. The molecular weight excluding hydrogens is 218 g/mol. The van der Waals surface area contributed by atoms with E-state index in [4.69, 9.17) is 5.11 Å². The highest BCUT2D eigenvalue weighted by Gasteiger charge is 2.18. The van der Waals surface area contributed by atoms with Crippen LogP contribution in [0.3, 0.4) is 0 Å². The quantitative estimate of drug-likeness (QED) is 0.696. The predicted molar refractivity (Wildman–Crippen MR) is 65.5 cm³/mol. The average Bonchev–Trinajstić information content (AvgIpc) is 2.34. The van der Waals surface area contributed by atoms with Crippen molar-refractivity contribution in [1.82, 2.24) is 5.32 Å². The second-order valence-electron chi connectivity index (χ2n) is 4.76. The number of hydrogen-bond acceptors (Lipinski definition) is 2. The monoisotopic (exact) mass is 239 g/mol. The van der Waals surface area contributed by atoms with Crippen LogP contribution in [0, 0.1) is 11.8 Å². The number of carboxylic acids is 1. The Morgan fingerprint density at radius 3 is 2.82 bits per heavy atom. The van der Waals surface area contributed by atoms with Gasteiger partial charge in [-0.05, 0) is 31.6 Å². The van der Waals surface area contributed by atoms with E-state index < -0.39 is 5.97 Å². The molecule has 4 nitrogen and oxygen atoms in total. The van der Waals surface area contributed by atoms with Crippen molar-refractivity contribution in [2.75, 3.05) is 6.54 Å². The van der Waals surface area contributed by atoms with Gasteiger partial charge in [-0.1, -0.05) is 19.1 Å². The summed E-state index contributed by atoms with van der Waals surface area (Å²) in [6, 6.07) is 0. The second-order valence-corrected chi connectivity index (χ2v) is 4.76. The molecule has 2 unspecified atom stereocenters. The third-order valence-electron chi connectivity index (χ3n) is 3.12. The Kier molecular flexibility index (Phi) is 5.73. The van der Waals surface area contributed by atoms with Crippen LogP contribution in [0.15, 0.2) is 12.2 Å². The first-order chi connectivity index (χ1) is 8.09. The molecule has 1 aliphatic rings. The zero-order chi connectivity index (χ0) is 12.7. The van der Waals surface area contributed by atoms with Gasteiger partial charge in [-0.15, -0.1) is 0 Å². The molecule has 0 aromatic rings. The molecule has 1 aliphatic carbocycles. The van der Waals surface area contributed by atoms with Gasteiger partial charge in [-0.3, -0.25) is 9.59 Å². The van der Waals surface area contributed by atoms with Crippen LogP contribution in [0.5, 0.6) is 0 Å². The first-order valence-corrected chi connectivity index (χ1v) is 6.24. The molecule has 1 amide bonds. The number of amides is 1. The Bertz CT molecular complexity index is 299. The lowest BCUT2D eigenvalue weighted by atomic mass is 9.93. The number of nitrogens with one attached hydrogen (secondary N) is 1. The molecule has 0 aliphatic heterocycles. The third-order valence-corrected chi connectivity index (χ3v) is 3.12. The molecular formula is C13H21NO3. The van der Waals surface area contributed by atoms with Gasteiger partial charge in [0, 0.05) is 18.9 Å². The van der Waals surface area contributed by atoms with Crippen LogP contribution in [-0.2, 0) is 9.59 Å². The molecule has 2 N–H and O–H groups in total. The van der Waals surface area contributed by atoms with Crippen LogP contribution < -0.4 is 5.32 Å². The average molecular weight is 239 g/mol. The summed E-state index contributed by atoms with van der Waals surface area (Å²) in [5.74, 6) is -0.349. The maximum atomic E-state index is 11.8. The Labute approximate surface area is 102 Å². The number of rotatable bonds is 6. The normalized spacial score (nSPS) is 20.9. The fraction of sp³-hybridized carbons (Fsp3) is 0.692. The molecule has 1 rings (SSSR count). The zero-order valence-electron chi connectivity index (χ0n) is 10.3. The van der Waals surface area contributed by atoms with Gasteiger partial charge in [-0.2, -0.15) is 0 Å². The zero-order valence-corrected chi connectivity index (χ0v) is 10.3. The van der Waals surface area contributed by atoms with Crippen molar-refractivity contribution in [3.63, 3.8) is 0 Å². The molecule has 96 valence electrons. The van der Waals surface area contributed by atoms with Crippen LogP contribution in [0.1, 0.15) is 39.0 Å². The summed E-state index contributed by atoms with van der Waals surface area (Å²) in [4.78, 5) is 22.2. The molecule has 4 heteroatoms. The van der Waals surface area contributed by atoms with Crippen LogP contribution in [0.2, 0.25) is 0 Å². The summed E-state index contributed by atoms with van der Waals surface area (Å²) in [5.41, 5.74) is 0. The lowest BCUT2D eigenvalue weighted by Crippen LogP contribution is -2.34. The second kappa shape index (κ2) is 7.09. The van der Waals surface area contributed by atoms with Gasteiger partial charge in [0.2, 0.25) is 5.91 Å². The van der Waals surface area contributed by atoms with E-state index in [0.717, 1.165) is 19.3 Å². The Balaban J connectivity index is 2.18. The van der Waals surface area contributed by atoms with Gasteiger partial charge in [-0.25, -0.2) is 0 Å². The molecule has 0 bridgehead atoms. The van der Waals surface area contributed by atoms with Crippen molar-refractivity contribution < 1.29 is 14.7 Å². The van der Waals surface area contributed by atoms with Gasteiger partial charge in [0.05, 0.1) is 0 Å². The molecule has 0 radical (unpaired) electrons. The van der Waals surface area contributed by atoms with E-state index in [1.807, 2.05) is 6.92 Å². The molecule has 0 spiro atoms. The molecule has 0 heterocycles. The van der Waals surface area contributed by atoms with Crippen molar-refractivity contribution >= 4 is 11.9 Å². The summed E-state index contributed by atoms with van der Waals surface area (Å²) in [6.45, 7) is 2.54. The molecule has 2 atom stereocenters. The fourth-order valence-corrected chi connectivity index (χ4v) is 1.92. The SMILES string of the molecule is CC(CCC(=O)O)CNC(=O)C1CC=CCC1. The van der Waals surface area contributed by atoms with Crippen molar-refractivity contribution in [3.8, 4) is 0 Å². The van der Waals surface area contributed by atoms with Gasteiger partial charge >= 0.3 is 5.97 Å². The Hall–Kier alpha value is -1.32. The van der Waals surface area contributed by atoms with Crippen molar-refractivity contribution in [2.45, 2.75) is 39.0 Å². The maximum absolute atomic E-state index is 11.8. The van der Waals surface area contributed by atoms with E-state index in [2.05, 4.69) is 17.5 Å². The largest absolute Gasteiger partial charge is 0.481 e. The van der Waals surface area contributed by atoms with Gasteiger partial charge < -0.3 is 10.4 Å². The molecule has 17 heavy (non-hydrogen) atoms. The first-order valence-electron chi connectivity index (χ1n) is 6.24. The molecule has 0 aromatic heterocycles. The molecule has 0 fully saturated rings. The molecule has 0 saturated carbocycles. The van der Waals surface area contributed by atoms with Crippen LogP contribution in [-0.4, -0.2) is 23.5 Å². The van der Waals surface area contributed by atoms with E-state index in [-0.39, 0.29) is 24.2 Å². The van der Waals surface area contributed by atoms with Crippen molar-refractivity contribution in [2.24, 2.45) is 11.8 Å². The minimum Gasteiger partial charge on any atom is -0.481 e. The third kappa shape index (κ3) is 5.52. The smallest absolute Gasteiger partial charge is 0.303 e. The predicted octanol–water partition coefficient (Wildman–Crippen LogP) is 1.96. The minimum absolute atomic E-state index is 0.103. The summed E-state index contributed by atoms with van der Waals surface area (Å²) in [6.07, 6.45) is 7.68. The number of hydrogen-bond donors (Lipinski definition) is 2. The van der Waals surface area contributed by atoms with E-state index in [0.29, 0.717) is 13.0 Å². The van der Waals surface area contributed by atoms with E-state index >= 15 is 0 Å². The number of carboxylic acid groups (broad SMARTS) is 1.